The van der Waals surface area contributed by atoms with Crippen molar-refractivity contribution in [2.75, 3.05) is 0 Å². The summed E-state index contributed by atoms with van der Waals surface area (Å²) in [4.78, 5) is 0. The van der Waals surface area contributed by atoms with E-state index >= 15 is 0 Å². The van der Waals surface area contributed by atoms with E-state index in [4.69, 9.17) is 0 Å². The third-order valence-electron chi connectivity index (χ3n) is 3.12. The number of rotatable bonds is 4. The van der Waals surface area contributed by atoms with Crippen molar-refractivity contribution in [1.29, 1.82) is 0 Å². The first-order valence-electron chi connectivity index (χ1n) is 6.09. The lowest BCUT2D eigenvalue weighted by molar-refractivity contribution is 0.158. The van der Waals surface area contributed by atoms with Gasteiger partial charge in [-0.2, -0.15) is 5.10 Å². The molecule has 1 atom stereocenters. The number of nitrogens with zero attached hydrogens (tertiary/aromatic N) is 2. The molecule has 0 spiro atoms. The van der Waals surface area contributed by atoms with Crippen LogP contribution in [-0.2, 0) is 13.5 Å². The van der Waals surface area contributed by atoms with Crippen molar-refractivity contribution >= 4 is 0 Å². The summed E-state index contributed by atoms with van der Waals surface area (Å²) in [5.74, 6) is -1.37. The SMILES string of the molecule is Cc1ccc(F)c(C(O)CCc2cnn(C)c2)c1F. The highest BCUT2D eigenvalue weighted by Gasteiger charge is 2.19. The van der Waals surface area contributed by atoms with Gasteiger partial charge in [0.25, 0.3) is 0 Å². The zero-order chi connectivity index (χ0) is 14.0. The van der Waals surface area contributed by atoms with Crippen molar-refractivity contribution in [3.8, 4) is 0 Å². The minimum atomic E-state index is -1.15. The molecule has 0 saturated heterocycles. The van der Waals surface area contributed by atoms with Crippen LogP contribution >= 0.6 is 0 Å². The van der Waals surface area contributed by atoms with Gasteiger partial charge in [-0.05, 0) is 37.0 Å². The third-order valence-corrected chi connectivity index (χ3v) is 3.12. The van der Waals surface area contributed by atoms with Crippen LogP contribution in [-0.4, -0.2) is 14.9 Å². The molecule has 102 valence electrons. The molecule has 19 heavy (non-hydrogen) atoms. The number of aliphatic hydroxyl groups excluding tert-OH is 1. The van der Waals surface area contributed by atoms with Gasteiger partial charge in [-0.3, -0.25) is 4.68 Å². The molecule has 0 aliphatic carbocycles. The minimum absolute atomic E-state index is 0.246. The van der Waals surface area contributed by atoms with Gasteiger partial charge in [-0.1, -0.05) is 6.07 Å². The van der Waals surface area contributed by atoms with Crippen LogP contribution in [0.2, 0.25) is 0 Å². The fraction of sp³-hybridized carbons (Fsp3) is 0.357. The Labute approximate surface area is 110 Å². The van der Waals surface area contributed by atoms with E-state index < -0.39 is 17.7 Å². The molecule has 1 unspecified atom stereocenters. The Morgan fingerprint density at radius 3 is 2.74 bits per heavy atom. The first-order valence-corrected chi connectivity index (χ1v) is 6.09. The van der Waals surface area contributed by atoms with Crippen molar-refractivity contribution in [2.24, 2.45) is 7.05 Å². The maximum atomic E-state index is 13.8. The molecular weight excluding hydrogens is 250 g/mol. The van der Waals surface area contributed by atoms with Crippen LogP contribution in [0.25, 0.3) is 0 Å². The topological polar surface area (TPSA) is 38.1 Å². The highest BCUT2D eigenvalue weighted by Crippen LogP contribution is 2.26. The molecule has 0 saturated carbocycles. The van der Waals surface area contributed by atoms with E-state index in [2.05, 4.69) is 5.10 Å². The Hall–Kier alpha value is -1.75. The molecule has 0 radical (unpaired) electrons. The minimum Gasteiger partial charge on any atom is -0.388 e. The number of hydrogen-bond acceptors (Lipinski definition) is 2. The summed E-state index contributed by atoms with van der Waals surface area (Å²) in [6.45, 7) is 1.55. The first kappa shape index (κ1) is 13.7. The van der Waals surface area contributed by atoms with E-state index in [1.165, 1.54) is 12.1 Å². The monoisotopic (exact) mass is 266 g/mol. The lowest BCUT2D eigenvalue weighted by Gasteiger charge is -2.13. The molecule has 0 bridgehead atoms. The fourth-order valence-corrected chi connectivity index (χ4v) is 2.03. The molecule has 1 N–H and O–H groups in total. The lowest BCUT2D eigenvalue weighted by atomic mass is 10.00. The highest BCUT2D eigenvalue weighted by atomic mass is 19.1. The zero-order valence-corrected chi connectivity index (χ0v) is 10.9. The molecule has 0 aliphatic heterocycles. The number of benzene rings is 1. The molecule has 0 amide bonds. The van der Waals surface area contributed by atoms with Crippen LogP contribution in [0, 0.1) is 18.6 Å². The largest absolute Gasteiger partial charge is 0.388 e. The van der Waals surface area contributed by atoms with E-state index in [0.29, 0.717) is 12.0 Å². The normalized spacial score (nSPS) is 12.7. The summed E-state index contributed by atoms with van der Waals surface area (Å²) in [6, 6.07) is 2.54. The van der Waals surface area contributed by atoms with Gasteiger partial charge in [0.2, 0.25) is 0 Å². The van der Waals surface area contributed by atoms with Gasteiger partial charge in [-0.15, -0.1) is 0 Å². The summed E-state index contributed by atoms with van der Waals surface area (Å²) in [5, 5.41) is 14.0. The number of hydrogen-bond donors (Lipinski definition) is 1. The quantitative estimate of drug-likeness (QED) is 0.924. The van der Waals surface area contributed by atoms with E-state index in [1.807, 2.05) is 6.20 Å². The molecular formula is C14H16F2N2O. The second-order valence-electron chi connectivity index (χ2n) is 4.67. The predicted octanol–water partition coefficient (Wildman–Crippen LogP) is 2.67. The number of aliphatic hydroxyl groups is 1. The van der Waals surface area contributed by atoms with Crippen LogP contribution in [0.4, 0.5) is 8.78 Å². The van der Waals surface area contributed by atoms with E-state index in [9.17, 15) is 13.9 Å². The van der Waals surface area contributed by atoms with Crippen LogP contribution in [0.15, 0.2) is 24.5 Å². The Balaban J connectivity index is 2.12. The summed E-state index contributed by atoms with van der Waals surface area (Å²) < 4.78 is 29.1. The zero-order valence-electron chi connectivity index (χ0n) is 10.9. The van der Waals surface area contributed by atoms with Gasteiger partial charge in [0, 0.05) is 13.2 Å². The molecule has 2 aromatic rings. The maximum Gasteiger partial charge on any atom is 0.134 e. The number of aryl methyl sites for hydroxylation is 3. The molecule has 1 aromatic heterocycles. The highest BCUT2D eigenvalue weighted by molar-refractivity contribution is 5.28. The molecule has 2 rings (SSSR count). The molecule has 0 fully saturated rings. The first-order chi connectivity index (χ1) is 8.99. The number of aromatic nitrogens is 2. The Bertz CT molecular complexity index is 581. The molecule has 1 aromatic carbocycles. The fourth-order valence-electron chi connectivity index (χ4n) is 2.03. The van der Waals surface area contributed by atoms with Crippen LogP contribution in [0.5, 0.6) is 0 Å². The van der Waals surface area contributed by atoms with Crippen LogP contribution in [0.3, 0.4) is 0 Å². The van der Waals surface area contributed by atoms with Crippen molar-refractivity contribution in [2.45, 2.75) is 25.9 Å². The van der Waals surface area contributed by atoms with Gasteiger partial charge in [0.1, 0.15) is 11.6 Å². The summed E-state index contributed by atoms with van der Waals surface area (Å²) in [7, 11) is 1.79. The van der Waals surface area contributed by atoms with Crippen LogP contribution in [0.1, 0.15) is 29.2 Å². The standard InChI is InChI=1S/C14H16F2N2O/c1-9-3-5-11(15)13(14(9)16)12(19)6-4-10-7-17-18(2)8-10/h3,5,7-8,12,19H,4,6H2,1-2H3. The average Bonchev–Trinajstić information content (AvgIpc) is 2.78. The summed E-state index contributed by atoms with van der Waals surface area (Å²) in [5.41, 5.74) is 1.01. The summed E-state index contributed by atoms with van der Waals surface area (Å²) >= 11 is 0. The molecule has 1 heterocycles. The second kappa shape index (κ2) is 5.48. The van der Waals surface area contributed by atoms with Gasteiger partial charge in [0.05, 0.1) is 17.9 Å². The molecule has 3 nitrogen and oxygen atoms in total. The third kappa shape index (κ3) is 2.98. The smallest absolute Gasteiger partial charge is 0.134 e. The van der Waals surface area contributed by atoms with Crippen molar-refractivity contribution < 1.29 is 13.9 Å². The van der Waals surface area contributed by atoms with Crippen molar-refractivity contribution in [3.05, 3.63) is 52.9 Å². The number of halogens is 2. The lowest BCUT2D eigenvalue weighted by Crippen LogP contribution is -2.07. The van der Waals surface area contributed by atoms with Crippen LogP contribution < -0.4 is 0 Å². The molecule has 0 aliphatic rings. The van der Waals surface area contributed by atoms with Crippen molar-refractivity contribution in [1.82, 2.24) is 9.78 Å². The van der Waals surface area contributed by atoms with E-state index in [1.54, 1.807) is 24.9 Å². The Morgan fingerprint density at radius 1 is 1.37 bits per heavy atom. The van der Waals surface area contributed by atoms with Gasteiger partial charge >= 0.3 is 0 Å². The predicted molar refractivity (Wildman–Crippen MR) is 67.6 cm³/mol. The van der Waals surface area contributed by atoms with Gasteiger partial charge in [-0.25, -0.2) is 8.78 Å². The van der Waals surface area contributed by atoms with Crippen molar-refractivity contribution in [3.63, 3.8) is 0 Å². The maximum absolute atomic E-state index is 13.8. The average molecular weight is 266 g/mol. The van der Waals surface area contributed by atoms with Gasteiger partial charge in [0.15, 0.2) is 0 Å². The van der Waals surface area contributed by atoms with E-state index in [0.717, 1.165) is 5.56 Å². The molecule has 5 heteroatoms. The second-order valence-corrected chi connectivity index (χ2v) is 4.67. The van der Waals surface area contributed by atoms with E-state index in [-0.39, 0.29) is 12.0 Å². The Morgan fingerprint density at radius 2 is 2.11 bits per heavy atom. The Kier molecular flexibility index (Phi) is 3.95. The van der Waals surface area contributed by atoms with Gasteiger partial charge < -0.3 is 5.11 Å². The summed E-state index contributed by atoms with van der Waals surface area (Å²) in [6.07, 6.45) is 3.11.